The lowest BCUT2D eigenvalue weighted by Gasteiger charge is -2.16. The van der Waals surface area contributed by atoms with Gasteiger partial charge in [0.05, 0.1) is 24.0 Å². The highest BCUT2D eigenvalue weighted by atomic mass is 16.5. The molecule has 0 aliphatic heterocycles. The molecule has 3 N–H and O–H groups in total. The van der Waals surface area contributed by atoms with E-state index < -0.39 is 5.91 Å². The fraction of sp³-hybridized carbons (Fsp3) is 0.375. The van der Waals surface area contributed by atoms with Gasteiger partial charge < -0.3 is 15.8 Å². The Labute approximate surface area is 130 Å². The van der Waals surface area contributed by atoms with E-state index in [-0.39, 0.29) is 6.10 Å². The van der Waals surface area contributed by atoms with Crippen molar-refractivity contribution in [2.75, 3.05) is 5.32 Å². The zero-order chi connectivity index (χ0) is 16.1. The van der Waals surface area contributed by atoms with Crippen LogP contribution in [0.25, 0.3) is 0 Å². The van der Waals surface area contributed by atoms with E-state index in [1.165, 1.54) is 0 Å². The molecule has 0 saturated carbocycles. The van der Waals surface area contributed by atoms with Crippen LogP contribution in [0.2, 0.25) is 0 Å². The maximum Gasteiger partial charge on any atom is 0.248 e. The summed E-state index contributed by atoms with van der Waals surface area (Å²) in [5.74, 6) is 0.151. The molecule has 1 aromatic heterocycles. The maximum absolute atomic E-state index is 11.3. The first kappa shape index (κ1) is 15.9. The van der Waals surface area contributed by atoms with Crippen molar-refractivity contribution in [3.05, 3.63) is 41.7 Å². The molecule has 1 amide bonds. The molecule has 2 rings (SSSR count). The van der Waals surface area contributed by atoms with Crippen LogP contribution < -0.4 is 15.8 Å². The molecular formula is C16H22N4O2. The third-order valence-corrected chi connectivity index (χ3v) is 3.19. The largest absolute Gasteiger partial charge is 0.489 e. The molecule has 0 aliphatic carbocycles. The summed E-state index contributed by atoms with van der Waals surface area (Å²) in [6.07, 6.45) is 1.78. The number of ether oxygens (including phenoxy) is 1. The first-order valence-corrected chi connectivity index (χ1v) is 7.36. The second kappa shape index (κ2) is 6.98. The Hall–Kier alpha value is -2.50. The number of nitrogens with one attached hydrogen (secondary N) is 1. The van der Waals surface area contributed by atoms with Gasteiger partial charge in [-0.3, -0.25) is 9.48 Å². The first-order valence-electron chi connectivity index (χ1n) is 7.36. The molecule has 0 fully saturated rings. The zero-order valence-electron chi connectivity index (χ0n) is 13.2. The molecule has 1 aromatic carbocycles. The van der Waals surface area contributed by atoms with E-state index in [9.17, 15) is 4.79 Å². The number of carbonyl (C=O) groups is 1. The number of nitrogens with zero attached hydrogens (tertiary/aromatic N) is 2. The number of benzene rings is 1. The predicted molar refractivity (Wildman–Crippen MR) is 86.0 cm³/mol. The number of hydrogen-bond acceptors (Lipinski definition) is 4. The molecule has 0 bridgehead atoms. The summed E-state index contributed by atoms with van der Waals surface area (Å²) in [6, 6.07) is 7.14. The smallest absolute Gasteiger partial charge is 0.248 e. The molecule has 6 nitrogen and oxygen atoms in total. The summed E-state index contributed by atoms with van der Waals surface area (Å²) >= 11 is 0. The van der Waals surface area contributed by atoms with E-state index in [0.717, 1.165) is 17.9 Å². The van der Waals surface area contributed by atoms with Gasteiger partial charge in [-0.25, -0.2) is 0 Å². The van der Waals surface area contributed by atoms with Gasteiger partial charge in [-0.05, 0) is 45.0 Å². The maximum atomic E-state index is 11.3. The highest BCUT2D eigenvalue weighted by Crippen LogP contribution is 2.27. The summed E-state index contributed by atoms with van der Waals surface area (Å²) in [6.45, 7) is 7.36. The number of anilines is 1. The van der Waals surface area contributed by atoms with E-state index in [1.54, 1.807) is 18.3 Å². The van der Waals surface area contributed by atoms with Crippen LogP contribution >= 0.6 is 0 Å². The van der Waals surface area contributed by atoms with Crippen LogP contribution in [0, 0.1) is 0 Å². The number of aromatic nitrogens is 2. The van der Waals surface area contributed by atoms with Gasteiger partial charge in [0.2, 0.25) is 5.91 Å². The SMILES string of the molecule is CCn1nccc1CNc1ccc(C(N)=O)cc1OC(C)C. The Morgan fingerprint density at radius 2 is 2.18 bits per heavy atom. The van der Waals surface area contributed by atoms with Crippen molar-refractivity contribution in [2.45, 2.75) is 40.0 Å². The summed E-state index contributed by atoms with van der Waals surface area (Å²) in [5, 5.41) is 7.56. The van der Waals surface area contributed by atoms with Crippen molar-refractivity contribution < 1.29 is 9.53 Å². The lowest BCUT2D eigenvalue weighted by atomic mass is 10.1. The highest BCUT2D eigenvalue weighted by molar-refractivity contribution is 5.93. The van der Waals surface area contributed by atoms with E-state index >= 15 is 0 Å². The Morgan fingerprint density at radius 1 is 1.41 bits per heavy atom. The van der Waals surface area contributed by atoms with Gasteiger partial charge in [-0.15, -0.1) is 0 Å². The fourth-order valence-electron chi connectivity index (χ4n) is 2.15. The van der Waals surface area contributed by atoms with Crippen molar-refractivity contribution in [3.63, 3.8) is 0 Å². The lowest BCUT2D eigenvalue weighted by molar-refractivity contribution is 0.0999. The second-order valence-corrected chi connectivity index (χ2v) is 5.23. The highest BCUT2D eigenvalue weighted by Gasteiger charge is 2.10. The second-order valence-electron chi connectivity index (χ2n) is 5.23. The number of primary amides is 1. The van der Waals surface area contributed by atoms with Gasteiger partial charge in [0.15, 0.2) is 0 Å². The minimum Gasteiger partial charge on any atom is -0.489 e. The minimum atomic E-state index is -0.468. The molecule has 1 heterocycles. The molecule has 0 radical (unpaired) electrons. The average Bonchev–Trinajstić information content (AvgIpc) is 2.92. The summed E-state index contributed by atoms with van der Waals surface area (Å²) < 4.78 is 7.69. The van der Waals surface area contributed by atoms with Crippen LogP contribution in [-0.4, -0.2) is 21.8 Å². The Bertz CT molecular complexity index is 649. The number of amides is 1. The Kier molecular flexibility index (Phi) is 5.04. The van der Waals surface area contributed by atoms with Crippen molar-refractivity contribution in [3.8, 4) is 5.75 Å². The van der Waals surface area contributed by atoms with E-state index in [2.05, 4.69) is 10.4 Å². The van der Waals surface area contributed by atoms with Gasteiger partial charge in [0, 0.05) is 18.3 Å². The standard InChI is InChI=1S/C16H22N4O2/c1-4-20-13(7-8-19-20)10-18-14-6-5-12(16(17)21)9-15(14)22-11(2)3/h5-9,11,18H,4,10H2,1-3H3,(H2,17,21). The average molecular weight is 302 g/mol. The molecule has 6 heteroatoms. The van der Waals surface area contributed by atoms with E-state index in [0.29, 0.717) is 17.9 Å². The van der Waals surface area contributed by atoms with E-state index in [4.69, 9.17) is 10.5 Å². The number of hydrogen-bond donors (Lipinski definition) is 2. The quantitative estimate of drug-likeness (QED) is 0.823. The molecule has 2 aromatic rings. The minimum absolute atomic E-state index is 0.00449. The summed E-state index contributed by atoms with van der Waals surface area (Å²) in [5.41, 5.74) is 7.66. The number of aryl methyl sites for hydroxylation is 1. The van der Waals surface area contributed by atoms with Crippen molar-refractivity contribution in [1.82, 2.24) is 9.78 Å². The van der Waals surface area contributed by atoms with Gasteiger partial charge in [-0.2, -0.15) is 5.10 Å². The van der Waals surface area contributed by atoms with Crippen LogP contribution in [0.1, 0.15) is 36.8 Å². The number of carbonyl (C=O) groups excluding carboxylic acids is 1. The normalized spacial score (nSPS) is 10.7. The molecule has 22 heavy (non-hydrogen) atoms. The van der Waals surface area contributed by atoms with Crippen LogP contribution in [0.5, 0.6) is 5.75 Å². The zero-order valence-corrected chi connectivity index (χ0v) is 13.2. The summed E-state index contributed by atoms with van der Waals surface area (Å²) in [7, 11) is 0. The van der Waals surface area contributed by atoms with Crippen LogP contribution in [0.3, 0.4) is 0 Å². The van der Waals surface area contributed by atoms with Crippen molar-refractivity contribution in [1.29, 1.82) is 0 Å². The predicted octanol–water partition coefficient (Wildman–Crippen LogP) is 2.40. The Balaban J connectivity index is 2.20. The molecule has 0 atom stereocenters. The van der Waals surface area contributed by atoms with Gasteiger partial charge >= 0.3 is 0 Å². The van der Waals surface area contributed by atoms with Gasteiger partial charge in [0.1, 0.15) is 5.75 Å². The third kappa shape index (κ3) is 3.78. The van der Waals surface area contributed by atoms with Crippen LogP contribution in [-0.2, 0) is 13.1 Å². The van der Waals surface area contributed by atoms with Gasteiger partial charge in [0.25, 0.3) is 0 Å². The molecular weight excluding hydrogens is 280 g/mol. The van der Waals surface area contributed by atoms with Crippen LogP contribution in [0.15, 0.2) is 30.5 Å². The van der Waals surface area contributed by atoms with Crippen molar-refractivity contribution in [2.24, 2.45) is 5.73 Å². The third-order valence-electron chi connectivity index (χ3n) is 3.19. The number of rotatable bonds is 7. The first-order chi connectivity index (χ1) is 10.5. The monoisotopic (exact) mass is 302 g/mol. The lowest BCUT2D eigenvalue weighted by Crippen LogP contribution is -2.14. The van der Waals surface area contributed by atoms with Gasteiger partial charge in [-0.1, -0.05) is 0 Å². The molecule has 0 unspecified atom stereocenters. The fourth-order valence-corrected chi connectivity index (χ4v) is 2.15. The Morgan fingerprint density at radius 3 is 2.82 bits per heavy atom. The molecule has 0 spiro atoms. The summed E-state index contributed by atoms with van der Waals surface area (Å²) in [4.78, 5) is 11.3. The van der Waals surface area contributed by atoms with Crippen LogP contribution in [0.4, 0.5) is 5.69 Å². The molecule has 0 aliphatic rings. The topological polar surface area (TPSA) is 82.2 Å². The molecule has 118 valence electrons. The van der Waals surface area contributed by atoms with Crippen molar-refractivity contribution >= 4 is 11.6 Å². The van der Waals surface area contributed by atoms with E-state index in [1.807, 2.05) is 37.6 Å². The number of nitrogens with two attached hydrogens (primary N) is 1. The molecule has 0 saturated heterocycles.